The van der Waals surface area contributed by atoms with E-state index in [-0.39, 0.29) is 23.2 Å². The summed E-state index contributed by atoms with van der Waals surface area (Å²) in [5, 5.41) is 12.5. The van der Waals surface area contributed by atoms with E-state index < -0.39 is 0 Å². The third-order valence-electron chi connectivity index (χ3n) is 2.59. The number of rotatable bonds is 3. The van der Waals surface area contributed by atoms with Crippen LogP contribution in [-0.4, -0.2) is 16.0 Å². The van der Waals surface area contributed by atoms with Gasteiger partial charge in [-0.3, -0.25) is 4.79 Å². The zero-order chi connectivity index (χ0) is 13.8. The van der Waals surface area contributed by atoms with Crippen molar-refractivity contribution in [3.8, 4) is 5.75 Å². The van der Waals surface area contributed by atoms with Crippen LogP contribution >= 0.6 is 11.6 Å². The highest BCUT2D eigenvalue weighted by Gasteiger charge is 2.10. The lowest BCUT2D eigenvalue weighted by Crippen LogP contribution is -2.15. The first-order valence-electron chi connectivity index (χ1n) is 5.75. The molecule has 1 heterocycles. The Labute approximate surface area is 116 Å². The van der Waals surface area contributed by atoms with Crippen molar-refractivity contribution in [2.75, 3.05) is 5.32 Å². The average Bonchev–Trinajstić information content (AvgIpc) is 2.37. The number of carbonyl (C=O) groups is 1. The lowest BCUT2D eigenvalue weighted by Gasteiger charge is -2.08. The highest BCUT2D eigenvalue weighted by molar-refractivity contribution is 6.32. The molecule has 0 bridgehead atoms. The summed E-state index contributed by atoms with van der Waals surface area (Å²) >= 11 is 5.90. The molecule has 1 amide bonds. The topological polar surface area (TPSA) is 62.2 Å². The van der Waals surface area contributed by atoms with Crippen LogP contribution in [0.2, 0.25) is 5.15 Å². The van der Waals surface area contributed by atoms with Crippen molar-refractivity contribution in [3.63, 3.8) is 0 Å². The van der Waals surface area contributed by atoms with Crippen LogP contribution in [0.3, 0.4) is 0 Å². The number of halogens is 1. The van der Waals surface area contributed by atoms with Crippen molar-refractivity contribution in [1.29, 1.82) is 0 Å². The van der Waals surface area contributed by atoms with E-state index in [2.05, 4.69) is 10.3 Å². The number of hydrogen-bond acceptors (Lipinski definition) is 3. The molecule has 0 atom stereocenters. The van der Waals surface area contributed by atoms with Gasteiger partial charge in [0.05, 0.1) is 12.1 Å². The summed E-state index contributed by atoms with van der Waals surface area (Å²) < 4.78 is 0. The van der Waals surface area contributed by atoms with E-state index in [4.69, 9.17) is 11.6 Å². The van der Waals surface area contributed by atoms with E-state index in [1.807, 2.05) is 6.92 Å². The highest BCUT2D eigenvalue weighted by Crippen LogP contribution is 2.21. The molecule has 0 fully saturated rings. The number of aromatic nitrogens is 1. The Morgan fingerprint density at radius 3 is 2.89 bits per heavy atom. The lowest BCUT2D eigenvalue weighted by molar-refractivity contribution is -0.115. The van der Waals surface area contributed by atoms with Crippen LogP contribution in [0.25, 0.3) is 0 Å². The molecule has 0 unspecified atom stereocenters. The molecular formula is C14H13ClN2O2. The molecule has 98 valence electrons. The summed E-state index contributed by atoms with van der Waals surface area (Å²) in [6.45, 7) is 1.86. The van der Waals surface area contributed by atoms with Gasteiger partial charge in [-0.25, -0.2) is 4.98 Å². The predicted octanol–water partition coefficient (Wildman–Crippen LogP) is 2.93. The summed E-state index contributed by atoms with van der Waals surface area (Å²) in [4.78, 5) is 15.8. The van der Waals surface area contributed by atoms with E-state index in [1.54, 1.807) is 36.5 Å². The number of carbonyl (C=O) groups excluding carboxylic acids is 1. The van der Waals surface area contributed by atoms with Crippen LogP contribution in [0.15, 0.2) is 36.5 Å². The first-order chi connectivity index (χ1) is 9.06. The minimum Gasteiger partial charge on any atom is -0.508 e. The molecule has 1 aromatic carbocycles. The molecule has 0 spiro atoms. The van der Waals surface area contributed by atoms with Gasteiger partial charge in [0.15, 0.2) is 5.15 Å². The number of phenols is 1. The maximum Gasteiger partial charge on any atom is 0.229 e. The van der Waals surface area contributed by atoms with Crippen LogP contribution in [-0.2, 0) is 11.2 Å². The molecule has 19 heavy (non-hydrogen) atoms. The average molecular weight is 277 g/mol. The fraction of sp³-hybridized carbons (Fsp3) is 0.143. The van der Waals surface area contributed by atoms with Crippen LogP contribution in [0, 0.1) is 6.92 Å². The van der Waals surface area contributed by atoms with Crippen LogP contribution in [0.4, 0.5) is 5.69 Å². The van der Waals surface area contributed by atoms with Gasteiger partial charge in [0.1, 0.15) is 5.75 Å². The number of anilines is 1. The molecule has 0 aliphatic heterocycles. The standard InChI is InChI=1S/C14H13ClN2O2/c1-9-6-11(14(15)16-8-9)17-13(19)7-10-4-2-3-5-12(10)18/h2-6,8,18H,7H2,1H3,(H,17,19). The normalized spacial score (nSPS) is 10.2. The Hall–Kier alpha value is -2.07. The van der Waals surface area contributed by atoms with E-state index in [1.165, 1.54) is 0 Å². The minimum atomic E-state index is -0.254. The number of para-hydroxylation sites is 1. The highest BCUT2D eigenvalue weighted by atomic mass is 35.5. The van der Waals surface area contributed by atoms with Crippen LogP contribution < -0.4 is 5.32 Å². The molecule has 5 heteroatoms. The van der Waals surface area contributed by atoms with Crippen molar-refractivity contribution in [3.05, 3.63) is 52.8 Å². The lowest BCUT2D eigenvalue weighted by atomic mass is 10.1. The number of phenolic OH excluding ortho intramolecular Hbond substituents is 1. The number of aromatic hydroxyl groups is 1. The third-order valence-corrected chi connectivity index (χ3v) is 2.89. The van der Waals surface area contributed by atoms with E-state index in [9.17, 15) is 9.90 Å². The van der Waals surface area contributed by atoms with Gasteiger partial charge in [-0.05, 0) is 24.6 Å². The molecule has 0 aliphatic carbocycles. The molecule has 0 saturated heterocycles. The van der Waals surface area contributed by atoms with Gasteiger partial charge >= 0.3 is 0 Å². The Bertz CT molecular complexity index is 614. The van der Waals surface area contributed by atoms with Gasteiger partial charge in [0.25, 0.3) is 0 Å². The van der Waals surface area contributed by atoms with E-state index in [0.717, 1.165) is 5.56 Å². The van der Waals surface area contributed by atoms with Crippen molar-refractivity contribution < 1.29 is 9.90 Å². The molecule has 2 rings (SSSR count). The van der Waals surface area contributed by atoms with E-state index in [0.29, 0.717) is 11.3 Å². The van der Waals surface area contributed by atoms with E-state index >= 15 is 0 Å². The molecule has 0 radical (unpaired) electrons. The maximum absolute atomic E-state index is 11.9. The quantitative estimate of drug-likeness (QED) is 0.847. The minimum absolute atomic E-state index is 0.0803. The number of nitrogens with one attached hydrogen (secondary N) is 1. The van der Waals surface area contributed by atoms with Gasteiger partial charge in [-0.15, -0.1) is 0 Å². The molecular weight excluding hydrogens is 264 g/mol. The predicted molar refractivity (Wildman–Crippen MR) is 74.4 cm³/mol. The summed E-state index contributed by atoms with van der Waals surface area (Å²) in [6.07, 6.45) is 1.71. The van der Waals surface area contributed by atoms with Crippen molar-refractivity contribution in [1.82, 2.24) is 4.98 Å². The van der Waals surface area contributed by atoms with Gasteiger partial charge < -0.3 is 10.4 Å². The number of amides is 1. The van der Waals surface area contributed by atoms with Gasteiger partial charge in [0.2, 0.25) is 5.91 Å². The zero-order valence-corrected chi connectivity index (χ0v) is 11.1. The van der Waals surface area contributed by atoms with Crippen LogP contribution in [0.1, 0.15) is 11.1 Å². The summed E-state index contributed by atoms with van der Waals surface area (Å²) in [5.74, 6) is -0.151. The number of aryl methyl sites for hydroxylation is 1. The molecule has 0 saturated carbocycles. The fourth-order valence-corrected chi connectivity index (χ4v) is 1.82. The second-order valence-electron chi connectivity index (χ2n) is 4.20. The Kier molecular flexibility index (Phi) is 4.02. The first-order valence-corrected chi connectivity index (χ1v) is 6.13. The van der Waals surface area contributed by atoms with Gasteiger partial charge in [-0.2, -0.15) is 0 Å². The first kappa shape index (κ1) is 13.4. The maximum atomic E-state index is 11.9. The largest absolute Gasteiger partial charge is 0.508 e. The smallest absolute Gasteiger partial charge is 0.229 e. The van der Waals surface area contributed by atoms with Crippen molar-refractivity contribution in [2.45, 2.75) is 13.3 Å². The third kappa shape index (κ3) is 3.45. The summed E-state index contributed by atoms with van der Waals surface area (Å²) in [6, 6.07) is 8.47. The van der Waals surface area contributed by atoms with Gasteiger partial charge in [-0.1, -0.05) is 29.8 Å². The monoisotopic (exact) mass is 276 g/mol. The number of benzene rings is 1. The molecule has 4 nitrogen and oxygen atoms in total. The van der Waals surface area contributed by atoms with Gasteiger partial charge in [0, 0.05) is 11.8 Å². The summed E-state index contributed by atoms with van der Waals surface area (Å²) in [7, 11) is 0. The SMILES string of the molecule is Cc1cnc(Cl)c(NC(=O)Cc2ccccc2O)c1. The molecule has 2 aromatic rings. The number of hydrogen-bond donors (Lipinski definition) is 2. The second kappa shape index (κ2) is 5.71. The van der Waals surface area contributed by atoms with Crippen molar-refractivity contribution in [2.24, 2.45) is 0 Å². The Morgan fingerprint density at radius 1 is 1.42 bits per heavy atom. The molecule has 1 aromatic heterocycles. The molecule has 0 aliphatic rings. The van der Waals surface area contributed by atoms with Crippen molar-refractivity contribution >= 4 is 23.2 Å². The van der Waals surface area contributed by atoms with Crippen LogP contribution in [0.5, 0.6) is 5.75 Å². The Balaban J connectivity index is 2.10. The number of pyridine rings is 1. The zero-order valence-electron chi connectivity index (χ0n) is 10.4. The second-order valence-corrected chi connectivity index (χ2v) is 4.56. The fourth-order valence-electron chi connectivity index (χ4n) is 1.67. The number of nitrogens with zero attached hydrogens (tertiary/aromatic N) is 1. The summed E-state index contributed by atoms with van der Waals surface area (Å²) in [5.41, 5.74) is 1.95. The Morgan fingerprint density at radius 2 is 2.16 bits per heavy atom. The molecule has 2 N–H and O–H groups in total.